The predicted octanol–water partition coefficient (Wildman–Crippen LogP) is 3.82. The molecule has 0 atom stereocenters. The average Bonchev–Trinajstić information content (AvgIpc) is 2.41. The van der Waals surface area contributed by atoms with Crippen molar-refractivity contribution in [2.45, 2.75) is 6.61 Å². The number of hydrogen-bond acceptors (Lipinski definition) is 4. The lowest BCUT2D eigenvalue weighted by Gasteiger charge is -2.10. The number of hydrogen-bond donors (Lipinski definition) is 1. The lowest BCUT2D eigenvalue weighted by atomic mass is 10.2. The Morgan fingerprint density at radius 1 is 1.35 bits per heavy atom. The van der Waals surface area contributed by atoms with E-state index in [4.69, 9.17) is 33.0 Å². The number of halogens is 3. The maximum Gasteiger partial charge on any atom is 0.339 e. The van der Waals surface area contributed by atoms with Gasteiger partial charge in [0.1, 0.15) is 24.2 Å². The van der Waals surface area contributed by atoms with Crippen molar-refractivity contribution in [3.63, 3.8) is 0 Å². The molecule has 20 heavy (non-hydrogen) atoms. The first-order valence-electron chi connectivity index (χ1n) is 5.28. The number of nitrogens with zero attached hydrogens (tertiary/aromatic N) is 2. The number of carboxylic acid groups (broad SMARTS) is 1. The third-order valence-electron chi connectivity index (χ3n) is 2.36. The zero-order valence-electron chi connectivity index (χ0n) is 9.81. The van der Waals surface area contributed by atoms with Gasteiger partial charge in [0, 0.05) is 16.7 Å². The molecule has 1 heterocycles. The summed E-state index contributed by atoms with van der Waals surface area (Å²) in [5.74, 6) is -0.779. The number of aromatic carboxylic acids is 1. The summed E-state index contributed by atoms with van der Waals surface area (Å²) in [6.07, 6.45) is 2.46. The zero-order valence-corrected chi connectivity index (χ0v) is 12.9. The van der Waals surface area contributed by atoms with Crippen LogP contribution in [-0.2, 0) is 6.61 Å². The first-order chi connectivity index (χ1) is 9.49. The Morgan fingerprint density at radius 2 is 2.10 bits per heavy atom. The van der Waals surface area contributed by atoms with Gasteiger partial charge in [-0.3, -0.25) is 0 Å². The van der Waals surface area contributed by atoms with Crippen LogP contribution in [0.5, 0.6) is 5.75 Å². The van der Waals surface area contributed by atoms with Crippen molar-refractivity contribution in [2.75, 3.05) is 0 Å². The molecule has 0 aliphatic rings. The van der Waals surface area contributed by atoms with E-state index in [2.05, 4.69) is 25.9 Å². The lowest BCUT2D eigenvalue weighted by molar-refractivity contribution is 0.0692. The van der Waals surface area contributed by atoms with E-state index in [1.165, 1.54) is 18.6 Å². The Labute approximate surface area is 132 Å². The molecule has 8 heteroatoms. The average molecular weight is 378 g/mol. The Morgan fingerprint density at radius 3 is 2.80 bits per heavy atom. The van der Waals surface area contributed by atoms with Crippen molar-refractivity contribution in [3.05, 3.63) is 50.4 Å². The Bertz CT molecular complexity index is 667. The molecule has 1 N–H and O–H groups in total. The highest BCUT2D eigenvalue weighted by Crippen LogP contribution is 2.34. The molecule has 104 valence electrons. The number of carbonyl (C=O) groups is 1. The summed E-state index contributed by atoms with van der Waals surface area (Å²) < 4.78 is 6.10. The number of carboxylic acids is 1. The van der Waals surface area contributed by atoms with E-state index < -0.39 is 5.97 Å². The van der Waals surface area contributed by atoms with Crippen LogP contribution in [0.1, 0.15) is 16.1 Å². The van der Waals surface area contributed by atoms with Gasteiger partial charge in [-0.15, -0.1) is 0 Å². The molecule has 1 aromatic heterocycles. The van der Waals surface area contributed by atoms with Gasteiger partial charge in [-0.25, -0.2) is 14.8 Å². The van der Waals surface area contributed by atoms with Gasteiger partial charge in [0.15, 0.2) is 0 Å². The Hall–Kier alpha value is -1.37. The topological polar surface area (TPSA) is 72.3 Å². The third-order valence-corrected chi connectivity index (χ3v) is 3.86. The summed E-state index contributed by atoms with van der Waals surface area (Å²) in [5.41, 5.74) is 0.231. The highest BCUT2D eigenvalue weighted by Gasteiger charge is 2.13. The van der Waals surface area contributed by atoms with Gasteiger partial charge < -0.3 is 9.84 Å². The van der Waals surface area contributed by atoms with Gasteiger partial charge in [0.25, 0.3) is 0 Å². The van der Waals surface area contributed by atoms with E-state index in [1.54, 1.807) is 6.07 Å². The van der Waals surface area contributed by atoms with Crippen LogP contribution < -0.4 is 4.74 Å². The molecule has 2 aromatic rings. The van der Waals surface area contributed by atoms with Crippen LogP contribution in [-0.4, -0.2) is 21.0 Å². The fraction of sp³-hybridized carbons (Fsp3) is 0.0833. The maximum absolute atomic E-state index is 11.0. The molecule has 0 aliphatic carbocycles. The van der Waals surface area contributed by atoms with Crippen LogP contribution in [0.3, 0.4) is 0 Å². The van der Waals surface area contributed by atoms with Crippen LogP contribution in [0, 0.1) is 0 Å². The summed E-state index contributed by atoms with van der Waals surface area (Å²) in [5, 5.41) is 9.80. The van der Waals surface area contributed by atoms with Gasteiger partial charge in [0.05, 0.1) is 15.7 Å². The standard InChI is InChI=1S/C12H7BrCl2N2O3/c13-7-1-9(15)11(2-8(7)14)20-4-10-6(12(18)19)3-16-5-17-10/h1-3,5H,4H2,(H,18,19). The summed E-state index contributed by atoms with van der Waals surface area (Å²) >= 11 is 15.2. The van der Waals surface area contributed by atoms with Crippen LogP contribution in [0.4, 0.5) is 0 Å². The molecular formula is C12H7BrCl2N2O3. The molecule has 0 bridgehead atoms. The summed E-state index contributed by atoms with van der Waals surface area (Å²) in [6.45, 7) is -0.0537. The summed E-state index contributed by atoms with van der Waals surface area (Å²) in [7, 11) is 0. The first kappa shape index (κ1) is 15.0. The summed E-state index contributed by atoms with van der Waals surface area (Å²) in [6, 6.07) is 3.13. The number of benzene rings is 1. The van der Waals surface area contributed by atoms with E-state index in [9.17, 15) is 4.79 Å². The number of rotatable bonds is 4. The number of aromatic nitrogens is 2. The zero-order chi connectivity index (χ0) is 14.7. The Balaban J connectivity index is 2.21. The second-order valence-electron chi connectivity index (χ2n) is 3.67. The SMILES string of the molecule is O=C(O)c1cncnc1COc1cc(Cl)c(Br)cc1Cl. The second kappa shape index (κ2) is 6.39. The molecule has 0 amide bonds. The minimum atomic E-state index is -1.12. The van der Waals surface area contributed by atoms with Crippen molar-refractivity contribution in [1.82, 2.24) is 9.97 Å². The highest BCUT2D eigenvalue weighted by atomic mass is 79.9. The molecule has 0 spiro atoms. The van der Waals surface area contributed by atoms with Gasteiger partial charge in [-0.05, 0) is 22.0 Å². The highest BCUT2D eigenvalue weighted by molar-refractivity contribution is 9.10. The maximum atomic E-state index is 11.0. The monoisotopic (exact) mass is 376 g/mol. The van der Waals surface area contributed by atoms with E-state index in [0.29, 0.717) is 20.3 Å². The summed E-state index contributed by atoms with van der Waals surface area (Å²) in [4.78, 5) is 18.6. The van der Waals surface area contributed by atoms with Gasteiger partial charge in [-0.1, -0.05) is 23.2 Å². The molecule has 0 radical (unpaired) electrons. The van der Waals surface area contributed by atoms with Crippen molar-refractivity contribution in [3.8, 4) is 5.75 Å². The van der Waals surface area contributed by atoms with Crippen LogP contribution in [0.2, 0.25) is 10.0 Å². The normalized spacial score (nSPS) is 10.3. The molecular weight excluding hydrogens is 371 g/mol. The molecule has 0 saturated heterocycles. The van der Waals surface area contributed by atoms with Gasteiger partial charge >= 0.3 is 5.97 Å². The van der Waals surface area contributed by atoms with E-state index in [-0.39, 0.29) is 17.9 Å². The number of ether oxygens (including phenoxy) is 1. The largest absolute Gasteiger partial charge is 0.486 e. The quantitative estimate of drug-likeness (QED) is 0.820. The van der Waals surface area contributed by atoms with Gasteiger partial charge in [0.2, 0.25) is 0 Å². The van der Waals surface area contributed by atoms with Crippen LogP contribution in [0.25, 0.3) is 0 Å². The smallest absolute Gasteiger partial charge is 0.339 e. The molecule has 2 rings (SSSR count). The van der Waals surface area contributed by atoms with Crippen LogP contribution >= 0.6 is 39.1 Å². The van der Waals surface area contributed by atoms with E-state index in [1.807, 2.05) is 0 Å². The first-order valence-corrected chi connectivity index (χ1v) is 6.83. The second-order valence-corrected chi connectivity index (χ2v) is 5.34. The Kier molecular flexibility index (Phi) is 4.80. The molecule has 0 saturated carbocycles. The molecule has 0 fully saturated rings. The van der Waals surface area contributed by atoms with Crippen LogP contribution in [0.15, 0.2) is 29.1 Å². The minimum absolute atomic E-state index is 0.0215. The van der Waals surface area contributed by atoms with Crippen molar-refractivity contribution >= 4 is 45.1 Å². The lowest BCUT2D eigenvalue weighted by Crippen LogP contribution is -2.08. The minimum Gasteiger partial charge on any atom is -0.486 e. The van der Waals surface area contributed by atoms with Gasteiger partial charge in [-0.2, -0.15) is 0 Å². The van der Waals surface area contributed by atoms with Crippen molar-refractivity contribution < 1.29 is 14.6 Å². The predicted molar refractivity (Wildman–Crippen MR) is 77.5 cm³/mol. The van der Waals surface area contributed by atoms with Crippen molar-refractivity contribution in [2.24, 2.45) is 0 Å². The molecule has 1 aromatic carbocycles. The van der Waals surface area contributed by atoms with E-state index in [0.717, 1.165) is 0 Å². The van der Waals surface area contributed by atoms with E-state index >= 15 is 0 Å². The fourth-order valence-corrected chi connectivity index (χ4v) is 2.26. The van der Waals surface area contributed by atoms with Crippen molar-refractivity contribution in [1.29, 1.82) is 0 Å². The molecule has 0 aliphatic heterocycles. The molecule has 0 unspecified atom stereocenters. The third kappa shape index (κ3) is 3.39. The molecule has 5 nitrogen and oxygen atoms in total. The fourth-order valence-electron chi connectivity index (χ4n) is 1.41.